The molecule has 0 saturated heterocycles. The molecule has 0 N–H and O–H groups in total. The van der Waals surface area contributed by atoms with Crippen molar-refractivity contribution in [3.63, 3.8) is 0 Å². The van der Waals surface area contributed by atoms with Crippen molar-refractivity contribution in [1.82, 2.24) is 9.13 Å². The SMILES string of the molecule is Cn1cc2n(c1=O)-c1ccc(Cl)cc1C(c1ccccc1Cl)=NC2. The van der Waals surface area contributed by atoms with Crippen LogP contribution >= 0.6 is 23.2 Å². The van der Waals surface area contributed by atoms with Crippen LogP contribution in [0.3, 0.4) is 0 Å². The van der Waals surface area contributed by atoms with Crippen LogP contribution in [0.5, 0.6) is 0 Å². The third-order valence-electron chi connectivity index (χ3n) is 4.11. The smallest absolute Gasteiger partial charge is 0.302 e. The second-order valence-corrected chi connectivity index (χ2v) is 6.50. The Labute approximate surface area is 148 Å². The number of hydrogen-bond acceptors (Lipinski definition) is 2. The first kappa shape index (κ1) is 15.2. The fraction of sp³-hybridized carbons (Fsp3) is 0.111. The van der Waals surface area contributed by atoms with Crippen LogP contribution in [0.4, 0.5) is 0 Å². The van der Waals surface area contributed by atoms with Crippen LogP contribution in [-0.2, 0) is 13.6 Å². The molecule has 4 nitrogen and oxygen atoms in total. The summed E-state index contributed by atoms with van der Waals surface area (Å²) in [5.41, 5.74) is 3.84. The predicted molar refractivity (Wildman–Crippen MR) is 96.8 cm³/mol. The molecule has 1 aliphatic rings. The number of aryl methyl sites for hydroxylation is 1. The van der Waals surface area contributed by atoms with Crippen LogP contribution in [0.2, 0.25) is 10.0 Å². The molecule has 0 fully saturated rings. The lowest BCUT2D eigenvalue weighted by molar-refractivity contribution is 0.816. The summed E-state index contributed by atoms with van der Waals surface area (Å²) >= 11 is 12.6. The lowest BCUT2D eigenvalue weighted by Crippen LogP contribution is -2.22. The number of hydrogen-bond donors (Lipinski definition) is 0. The molecule has 3 aromatic rings. The molecule has 0 atom stereocenters. The van der Waals surface area contributed by atoms with Gasteiger partial charge in [-0.15, -0.1) is 0 Å². The molecule has 0 unspecified atom stereocenters. The molecule has 120 valence electrons. The van der Waals surface area contributed by atoms with Crippen molar-refractivity contribution in [3.05, 3.63) is 86.0 Å². The monoisotopic (exact) mass is 357 g/mol. The topological polar surface area (TPSA) is 39.3 Å². The minimum Gasteiger partial charge on any atom is -0.302 e. The van der Waals surface area contributed by atoms with Crippen molar-refractivity contribution >= 4 is 28.9 Å². The second-order valence-electron chi connectivity index (χ2n) is 5.66. The summed E-state index contributed by atoms with van der Waals surface area (Å²) in [6, 6.07) is 13.0. The molecular formula is C18H13Cl2N3O. The van der Waals surface area contributed by atoms with Gasteiger partial charge in [-0.1, -0.05) is 41.4 Å². The number of rotatable bonds is 1. The number of fused-ring (bicyclic) bond motifs is 3. The van der Waals surface area contributed by atoms with Crippen molar-refractivity contribution < 1.29 is 0 Å². The normalized spacial score (nSPS) is 13.0. The molecule has 0 bridgehead atoms. The zero-order valence-electron chi connectivity index (χ0n) is 12.8. The Bertz CT molecular complexity index is 1050. The fourth-order valence-corrected chi connectivity index (χ4v) is 3.41. The Hall–Kier alpha value is -2.30. The van der Waals surface area contributed by atoms with E-state index < -0.39 is 0 Å². The van der Waals surface area contributed by atoms with E-state index in [9.17, 15) is 4.79 Å². The number of imidazole rings is 1. The highest BCUT2D eigenvalue weighted by Crippen LogP contribution is 2.29. The van der Waals surface area contributed by atoms with E-state index >= 15 is 0 Å². The molecule has 1 aliphatic heterocycles. The zero-order valence-corrected chi connectivity index (χ0v) is 14.3. The quantitative estimate of drug-likeness (QED) is 0.652. The van der Waals surface area contributed by atoms with Gasteiger partial charge in [0.15, 0.2) is 0 Å². The average molecular weight is 358 g/mol. The summed E-state index contributed by atoms with van der Waals surface area (Å²) in [4.78, 5) is 17.3. The number of aromatic nitrogens is 2. The molecule has 0 spiro atoms. The molecule has 0 saturated carbocycles. The van der Waals surface area contributed by atoms with E-state index in [1.807, 2.05) is 36.4 Å². The van der Waals surface area contributed by atoms with Crippen LogP contribution in [0.15, 0.2) is 58.4 Å². The summed E-state index contributed by atoms with van der Waals surface area (Å²) < 4.78 is 3.24. The zero-order chi connectivity index (χ0) is 16.8. The van der Waals surface area contributed by atoms with E-state index in [4.69, 9.17) is 28.2 Å². The Morgan fingerprint density at radius 3 is 2.67 bits per heavy atom. The van der Waals surface area contributed by atoms with Gasteiger partial charge in [0.2, 0.25) is 0 Å². The largest absolute Gasteiger partial charge is 0.332 e. The van der Waals surface area contributed by atoms with E-state index in [2.05, 4.69) is 0 Å². The first-order chi connectivity index (χ1) is 11.6. The van der Waals surface area contributed by atoms with Gasteiger partial charge in [0.25, 0.3) is 0 Å². The van der Waals surface area contributed by atoms with Gasteiger partial charge in [-0.05, 0) is 24.3 Å². The van der Waals surface area contributed by atoms with Gasteiger partial charge in [0, 0.05) is 34.4 Å². The minimum absolute atomic E-state index is 0.107. The van der Waals surface area contributed by atoms with E-state index in [0.717, 1.165) is 28.2 Å². The number of halogens is 2. The first-order valence-corrected chi connectivity index (χ1v) is 8.19. The summed E-state index contributed by atoms with van der Waals surface area (Å²) in [6.45, 7) is 0.392. The highest BCUT2D eigenvalue weighted by atomic mass is 35.5. The van der Waals surface area contributed by atoms with E-state index in [1.165, 1.54) is 0 Å². The summed E-state index contributed by atoms with van der Waals surface area (Å²) in [7, 11) is 1.73. The average Bonchev–Trinajstić information content (AvgIpc) is 2.75. The van der Waals surface area contributed by atoms with Crippen LogP contribution in [-0.4, -0.2) is 14.8 Å². The molecule has 2 heterocycles. The lowest BCUT2D eigenvalue weighted by atomic mass is 10.0. The van der Waals surface area contributed by atoms with Crippen molar-refractivity contribution in [2.24, 2.45) is 12.0 Å². The van der Waals surface area contributed by atoms with Gasteiger partial charge in [0.05, 0.1) is 23.6 Å². The van der Waals surface area contributed by atoms with Crippen LogP contribution in [0.25, 0.3) is 5.69 Å². The van der Waals surface area contributed by atoms with Crippen molar-refractivity contribution in [3.8, 4) is 5.69 Å². The Balaban J connectivity index is 2.05. The Morgan fingerprint density at radius 1 is 1.08 bits per heavy atom. The van der Waals surface area contributed by atoms with E-state index in [0.29, 0.717) is 16.6 Å². The van der Waals surface area contributed by atoms with Crippen LogP contribution in [0.1, 0.15) is 16.8 Å². The molecule has 0 amide bonds. The molecule has 4 rings (SSSR count). The molecule has 24 heavy (non-hydrogen) atoms. The van der Waals surface area contributed by atoms with Gasteiger partial charge in [-0.25, -0.2) is 4.79 Å². The second kappa shape index (κ2) is 5.65. The number of nitrogens with zero attached hydrogens (tertiary/aromatic N) is 3. The van der Waals surface area contributed by atoms with E-state index in [-0.39, 0.29) is 5.69 Å². The standard InChI is InChI=1S/C18H13Cl2N3O/c1-22-10-12-9-21-17(13-4-2-3-5-15(13)20)14-8-11(19)6-7-16(14)23(12)18(22)24/h2-8,10H,9H2,1H3. The molecule has 0 aliphatic carbocycles. The van der Waals surface area contributed by atoms with E-state index in [1.54, 1.807) is 28.4 Å². The van der Waals surface area contributed by atoms with Gasteiger partial charge in [-0.2, -0.15) is 0 Å². The van der Waals surface area contributed by atoms with Gasteiger partial charge >= 0.3 is 5.69 Å². The minimum atomic E-state index is -0.107. The maximum Gasteiger partial charge on any atom is 0.332 e. The molecule has 2 aromatic carbocycles. The van der Waals surface area contributed by atoms with Crippen molar-refractivity contribution in [2.75, 3.05) is 0 Å². The van der Waals surface area contributed by atoms with Crippen LogP contribution < -0.4 is 5.69 Å². The lowest BCUT2D eigenvalue weighted by Gasteiger charge is -2.12. The summed E-state index contributed by atoms with van der Waals surface area (Å²) in [5.74, 6) is 0. The van der Waals surface area contributed by atoms with Gasteiger partial charge in [0.1, 0.15) is 0 Å². The molecule has 1 aromatic heterocycles. The molecule has 0 radical (unpaired) electrons. The van der Waals surface area contributed by atoms with Gasteiger partial charge in [-0.3, -0.25) is 9.56 Å². The molecule has 6 heteroatoms. The third kappa shape index (κ3) is 2.30. The van der Waals surface area contributed by atoms with Crippen molar-refractivity contribution in [1.29, 1.82) is 0 Å². The van der Waals surface area contributed by atoms with Crippen LogP contribution in [0, 0.1) is 0 Å². The Kier molecular flexibility index (Phi) is 3.59. The number of aliphatic imine (C=N–C) groups is 1. The maximum absolute atomic E-state index is 12.5. The molecular weight excluding hydrogens is 345 g/mol. The first-order valence-electron chi connectivity index (χ1n) is 7.43. The summed E-state index contributed by atoms with van der Waals surface area (Å²) in [5, 5.41) is 1.20. The Morgan fingerprint density at radius 2 is 1.88 bits per heavy atom. The summed E-state index contributed by atoms with van der Waals surface area (Å²) in [6.07, 6.45) is 1.81. The van der Waals surface area contributed by atoms with Gasteiger partial charge < -0.3 is 4.57 Å². The van der Waals surface area contributed by atoms with Crippen molar-refractivity contribution in [2.45, 2.75) is 6.54 Å². The third-order valence-corrected chi connectivity index (χ3v) is 4.67. The predicted octanol–water partition coefficient (Wildman–Crippen LogP) is 3.83. The fourth-order valence-electron chi connectivity index (χ4n) is 3.01. The highest BCUT2D eigenvalue weighted by Gasteiger charge is 2.22. The maximum atomic E-state index is 12.5. The number of benzene rings is 2. The highest BCUT2D eigenvalue weighted by molar-refractivity contribution is 6.36.